The van der Waals surface area contributed by atoms with Crippen LogP contribution in [-0.2, 0) is 0 Å². The van der Waals surface area contributed by atoms with Crippen molar-refractivity contribution in [3.8, 4) is 11.1 Å². The Balaban J connectivity index is 1.59. The quantitative estimate of drug-likeness (QED) is 0.554. The number of halogens is 1. The molecule has 0 aliphatic rings. The summed E-state index contributed by atoms with van der Waals surface area (Å²) in [5.41, 5.74) is 5.87. The summed E-state index contributed by atoms with van der Waals surface area (Å²) in [6.07, 6.45) is 1.69. The number of benzene rings is 2. The van der Waals surface area contributed by atoms with E-state index in [9.17, 15) is 9.18 Å². The molecule has 26 heavy (non-hydrogen) atoms. The lowest BCUT2D eigenvalue weighted by Gasteiger charge is -2.08. The fourth-order valence-electron chi connectivity index (χ4n) is 2.77. The molecule has 0 bridgehead atoms. The number of carbonyl (C=O) groups excluding carboxylic acids is 1. The van der Waals surface area contributed by atoms with Crippen molar-refractivity contribution in [1.82, 2.24) is 9.97 Å². The van der Waals surface area contributed by atoms with E-state index < -0.39 is 11.7 Å². The number of hydrogen-bond donors (Lipinski definition) is 1. The van der Waals surface area contributed by atoms with Gasteiger partial charge in [-0.2, -0.15) is 0 Å². The van der Waals surface area contributed by atoms with E-state index >= 15 is 0 Å². The van der Waals surface area contributed by atoms with Gasteiger partial charge in [0.25, 0.3) is 5.91 Å². The lowest BCUT2D eigenvalue weighted by molar-refractivity contribution is 0.102. The van der Waals surface area contributed by atoms with Crippen LogP contribution in [-0.4, -0.2) is 15.9 Å². The van der Waals surface area contributed by atoms with E-state index in [0.717, 1.165) is 26.9 Å². The summed E-state index contributed by atoms with van der Waals surface area (Å²) in [5.74, 6) is -0.716. The van der Waals surface area contributed by atoms with Crippen LogP contribution in [0.4, 0.5) is 10.2 Å². The SMILES string of the molecule is Cc1cc2scnc2cc1-c1ccc(NC(=O)c2ccccc2F)nc1. The Morgan fingerprint density at radius 1 is 1.12 bits per heavy atom. The molecule has 0 saturated heterocycles. The number of carbonyl (C=O) groups is 1. The number of aryl methyl sites for hydroxylation is 1. The maximum atomic E-state index is 13.7. The third-order valence-corrected chi connectivity index (χ3v) is 4.90. The van der Waals surface area contributed by atoms with Gasteiger partial charge in [0.2, 0.25) is 0 Å². The largest absolute Gasteiger partial charge is 0.306 e. The van der Waals surface area contributed by atoms with Gasteiger partial charge in [-0.05, 0) is 54.4 Å². The molecule has 1 N–H and O–H groups in total. The van der Waals surface area contributed by atoms with Crippen molar-refractivity contribution in [2.45, 2.75) is 6.92 Å². The number of amides is 1. The monoisotopic (exact) mass is 363 g/mol. The summed E-state index contributed by atoms with van der Waals surface area (Å²) in [5, 5.41) is 2.62. The van der Waals surface area contributed by atoms with E-state index in [0.29, 0.717) is 5.82 Å². The van der Waals surface area contributed by atoms with E-state index in [1.807, 2.05) is 24.6 Å². The zero-order valence-electron chi connectivity index (χ0n) is 13.9. The van der Waals surface area contributed by atoms with Crippen LogP contribution >= 0.6 is 11.3 Å². The second kappa shape index (κ2) is 6.65. The molecule has 4 aromatic rings. The maximum absolute atomic E-state index is 13.7. The van der Waals surface area contributed by atoms with Gasteiger partial charge in [-0.3, -0.25) is 4.79 Å². The first-order valence-corrected chi connectivity index (χ1v) is 8.86. The minimum absolute atomic E-state index is 0.0109. The summed E-state index contributed by atoms with van der Waals surface area (Å²) in [6.45, 7) is 2.04. The Hall–Kier alpha value is -3.12. The van der Waals surface area contributed by atoms with Crippen LogP contribution in [0.3, 0.4) is 0 Å². The smallest absolute Gasteiger partial charge is 0.259 e. The van der Waals surface area contributed by atoms with Crippen molar-refractivity contribution in [3.05, 3.63) is 77.2 Å². The van der Waals surface area contributed by atoms with E-state index in [-0.39, 0.29) is 5.56 Å². The predicted molar refractivity (Wildman–Crippen MR) is 102 cm³/mol. The number of nitrogens with one attached hydrogen (secondary N) is 1. The molecule has 4 rings (SSSR count). The molecule has 0 atom stereocenters. The molecular weight excluding hydrogens is 349 g/mol. The van der Waals surface area contributed by atoms with E-state index in [4.69, 9.17) is 0 Å². The van der Waals surface area contributed by atoms with Gasteiger partial charge in [0.05, 0.1) is 21.3 Å². The maximum Gasteiger partial charge on any atom is 0.259 e. The highest BCUT2D eigenvalue weighted by Crippen LogP contribution is 2.29. The second-order valence-electron chi connectivity index (χ2n) is 5.85. The standard InChI is InChI=1S/C20H14FN3OS/c1-12-8-18-17(23-11-26-18)9-15(12)13-6-7-19(22-10-13)24-20(25)14-4-2-3-5-16(14)21/h2-11H,1H3,(H,22,24,25). The molecular formula is C20H14FN3OS. The summed E-state index contributed by atoms with van der Waals surface area (Å²) < 4.78 is 14.8. The molecule has 0 aliphatic carbocycles. The van der Waals surface area contributed by atoms with Crippen molar-refractivity contribution in [2.24, 2.45) is 0 Å². The number of nitrogens with zero attached hydrogens (tertiary/aromatic N) is 2. The fourth-order valence-corrected chi connectivity index (χ4v) is 3.53. The third-order valence-electron chi connectivity index (χ3n) is 4.11. The van der Waals surface area contributed by atoms with Crippen molar-refractivity contribution in [2.75, 3.05) is 5.32 Å². The number of aromatic nitrogens is 2. The van der Waals surface area contributed by atoms with Gasteiger partial charge in [-0.25, -0.2) is 14.4 Å². The van der Waals surface area contributed by atoms with E-state index in [1.54, 1.807) is 35.7 Å². The number of rotatable bonds is 3. The molecule has 2 heterocycles. The van der Waals surface area contributed by atoms with E-state index in [1.165, 1.54) is 12.1 Å². The van der Waals surface area contributed by atoms with Gasteiger partial charge in [0.15, 0.2) is 0 Å². The summed E-state index contributed by atoms with van der Waals surface area (Å²) >= 11 is 1.61. The zero-order valence-corrected chi connectivity index (χ0v) is 14.7. The third kappa shape index (κ3) is 3.07. The first-order valence-electron chi connectivity index (χ1n) is 7.98. The number of fused-ring (bicyclic) bond motifs is 1. The van der Waals surface area contributed by atoms with Crippen molar-refractivity contribution in [3.63, 3.8) is 0 Å². The van der Waals surface area contributed by atoms with E-state index in [2.05, 4.69) is 21.4 Å². The molecule has 2 aromatic heterocycles. The molecule has 0 unspecified atom stereocenters. The summed E-state index contributed by atoms with van der Waals surface area (Å²) in [6, 6.07) is 13.6. The minimum Gasteiger partial charge on any atom is -0.306 e. The molecule has 2 aromatic carbocycles. The Kier molecular flexibility index (Phi) is 4.18. The number of hydrogen-bond acceptors (Lipinski definition) is 4. The van der Waals surface area contributed by atoms with Crippen molar-refractivity contribution in [1.29, 1.82) is 0 Å². The van der Waals surface area contributed by atoms with Gasteiger partial charge in [0, 0.05) is 11.8 Å². The molecule has 1 amide bonds. The fraction of sp³-hybridized carbons (Fsp3) is 0.0500. The summed E-state index contributed by atoms with van der Waals surface area (Å²) in [7, 11) is 0. The average molecular weight is 363 g/mol. The molecule has 6 heteroatoms. The summed E-state index contributed by atoms with van der Waals surface area (Å²) in [4.78, 5) is 20.8. The molecule has 128 valence electrons. The Labute approximate surface area is 153 Å². The second-order valence-corrected chi connectivity index (χ2v) is 6.74. The average Bonchev–Trinajstić information content (AvgIpc) is 3.09. The molecule has 4 nitrogen and oxygen atoms in total. The van der Waals surface area contributed by atoms with Gasteiger partial charge in [-0.15, -0.1) is 11.3 Å². The number of thiazole rings is 1. The highest BCUT2D eigenvalue weighted by molar-refractivity contribution is 7.16. The van der Waals surface area contributed by atoms with Crippen LogP contribution in [0.1, 0.15) is 15.9 Å². The highest BCUT2D eigenvalue weighted by atomic mass is 32.1. The van der Waals surface area contributed by atoms with Gasteiger partial charge < -0.3 is 5.32 Å². The van der Waals surface area contributed by atoms with Crippen molar-refractivity contribution >= 4 is 33.3 Å². The molecule has 0 spiro atoms. The molecule has 0 saturated carbocycles. The predicted octanol–water partition coefficient (Wildman–Crippen LogP) is 5.06. The van der Waals surface area contributed by atoms with Crippen LogP contribution in [0.5, 0.6) is 0 Å². The zero-order chi connectivity index (χ0) is 18.1. The topological polar surface area (TPSA) is 54.9 Å². The van der Waals surface area contributed by atoms with Crippen LogP contribution in [0.2, 0.25) is 0 Å². The van der Waals surface area contributed by atoms with Crippen LogP contribution in [0.25, 0.3) is 21.3 Å². The van der Waals surface area contributed by atoms with Crippen LogP contribution < -0.4 is 5.32 Å². The Bertz CT molecular complexity index is 1110. The lowest BCUT2D eigenvalue weighted by atomic mass is 10.0. The molecule has 0 fully saturated rings. The lowest BCUT2D eigenvalue weighted by Crippen LogP contribution is -2.14. The van der Waals surface area contributed by atoms with Crippen molar-refractivity contribution < 1.29 is 9.18 Å². The molecule has 0 aliphatic heterocycles. The van der Waals surface area contributed by atoms with Gasteiger partial charge >= 0.3 is 0 Å². The number of anilines is 1. The molecule has 0 radical (unpaired) electrons. The van der Waals surface area contributed by atoms with Gasteiger partial charge in [0.1, 0.15) is 11.6 Å². The normalized spacial score (nSPS) is 10.8. The number of pyridine rings is 1. The minimum atomic E-state index is -0.561. The van der Waals surface area contributed by atoms with Gasteiger partial charge in [-0.1, -0.05) is 12.1 Å². The Morgan fingerprint density at radius 3 is 2.73 bits per heavy atom. The first-order chi connectivity index (χ1) is 12.6. The van der Waals surface area contributed by atoms with Crippen LogP contribution in [0.15, 0.2) is 60.2 Å². The Morgan fingerprint density at radius 2 is 1.96 bits per heavy atom. The van der Waals surface area contributed by atoms with Crippen LogP contribution in [0, 0.1) is 12.7 Å². The highest BCUT2D eigenvalue weighted by Gasteiger charge is 2.12. The first kappa shape index (κ1) is 16.4.